The Kier molecular flexibility index (Phi) is 8.80. The molecule has 2 aromatic carbocycles. The molecule has 0 radical (unpaired) electrons. The molecule has 11 heteroatoms. The molecule has 1 heterocycles. The second-order valence-electron chi connectivity index (χ2n) is 7.55. The largest absolute Gasteiger partial charge is 0.404 e. The van der Waals surface area contributed by atoms with E-state index in [-0.39, 0.29) is 24.8 Å². The average Bonchev–Trinajstić information content (AvgIpc) is 2.94. The fourth-order valence-corrected chi connectivity index (χ4v) is 3.95. The summed E-state index contributed by atoms with van der Waals surface area (Å²) in [7, 11) is 0. The van der Waals surface area contributed by atoms with Crippen LogP contribution in [0.15, 0.2) is 58.6 Å². The molecule has 0 unspecified atom stereocenters. The smallest absolute Gasteiger partial charge is 0.239 e. The fourth-order valence-electron chi connectivity index (χ4n) is 3.56. The molecule has 0 fully saturated rings. The highest BCUT2D eigenvalue weighted by Gasteiger charge is 2.31. The number of allylic oxidation sites excluding steroid dienone is 1. The maximum atomic E-state index is 11.1. The summed E-state index contributed by atoms with van der Waals surface area (Å²) in [5.74, 6) is -0.253. The zero-order valence-electron chi connectivity index (χ0n) is 19.3. The number of benzodiazepines with no additional fused rings is 1. The maximum Gasteiger partial charge on any atom is 0.239 e. The number of rotatable bonds is 8. The third-order valence-corrected chi connectivity index (χ3v) is 5.75. The second-order valence-corrected chi connectivity index (χ2v) is 8.55. The molecule has 0 aromatic heterocycles. The first-order valence-electron chi connectivity index (χ1n) is 10.5. The van der Waals surface area contributed by atoms with E-state index < -0.39 is 11.9 Å². The van der Waals surface area contributed by atoms with Crippen molar-refractivity contribution in [3.63, 3.8) is 0 Å². The van der Waals surface area contributed by atoms with Crippen molar-refractivity contribution in [1.82, 2.24) is 0 Å². The van der Waals surface area contributed by atoms with Gasteiger partial charge in [0.1, 0.15) is 24.3 Å². The number of nitrogens with one attached hydrogen (secondary N) is 2. The Labute approximate surface area is 213 Å². The predicted molar refractivity (Wildman–Crippen MR) is 145 cm³/mol. The van der Waals surface area contributed by atoms with E-state index >= 15 is 0 Å². The van der Waals surface area contributed by atoms with Gasteiger partial charge in [0.15, 0.2) is 0 Å². The topological polar surface area (TPSA) is 154 Å². The average molecular weight is 512 g/mol. The summed E-state index contributed by atoms with van der Waals surface area (Å²) in [6, 6.07) is 12.1. The Morgan fingerprint density at radius 1 is 1.31 bits per heavy atom. The van der Waals surface area contributed by atoms with Gasteiger partial charge < -0.3 is 15.7 Å². The number of amidine groups is 2. The lowest BCUT2D eigenvalue weighted by Crippen LogP contribution is -2.42. The lowest BCUT2D eigenvalue weighted by Gasteiger charge is -2.26. The van der Waals surface area contributed by atoms with Gasteiger partial charge in [-0.05, 0) is 48.8 Å². The molecule has 1 amide bonds. The van der Waals surface area contributed by atoms with Crippen LogP contribution < -0.4 is 16.4 Å². The third-order valence-electron chi connectivity index (χ3n) is 5.12. The van der Waals surface area contributed by atoms with E-state index in [0.717, 1.165) is 5.56 Å². The maximum absolute atomic E-state index is 11.1. The SMILES string of the molecule is CSOC[C@@H]1N=C(c2ccc(Cl)cc2)c2cc(C(C=NCC(N)=O)=CN)ccc2N(C(C)=N)C1=N. The Bertz CT molecular complexity index is 1220. The van der Waals surface area contributed by atoms with E-state index in [1.54, 1.807) is 30.2 Å². The van der Waals surface area contributed by atoms with Gasteiger partial charge in [-0.15, -0.1) is 0 Å². The predicted octanol–water partition coefficient (Wildman–Crippen LogP) is 3.49. The monoisotopic (exact) mass is 511 g/mol. The highest BCUT2D eigenvalue weighted by atomic mass is 35.5. The minimum atomic E-state index is -0.647. The molecule has 1 atom stereocenters. The normalized spacial score (nSPS) is 16.1. The summed E-state index contributed by atoms with van der Waals surface area (Å²) < 4.78 is 5.54. The van der Waals surface area contributed by atoms with Crippen LogP contribution in [0.2, 0.25) is 5.02 Å². The number of nitrogens with zero attached hydrogens (tertiary/aromatic N) is 3. The van der Waals surface area contributed by atoms with Gasteiger partial charge in [-0.2, -0.15) is 0 Å². The lowest BCUT2D eigenvalue weighted by atomic mass is 9.95. The standard InChI is InChI=1S/C24H26ClN7O2S/c1-14(27)32-21-8-5-16(17(10-26)11-30-12-22(28)33)9-19(21)23(15-3-6-18(25)7-4-15)31-20(24(32)29)13-34-35-2/h3-11,20,27,29H,12-13,26H2,1-2H3,(H2,28,33)/t20-/m0/s1. The van der Waals surface area contributed by atoms with Gasteiger partial charge in [0.05, 0.1) is 18.0 Å². The van der Waals surface area contributed by atoms with Crippen LogP contribution in [0.1, 0.15) is 23.6 Å². The van der Waals surface area contributed by atoms with E-state index in [1.807, 2.05) is 30.3 Å². The van der Waals surface area contributed by atoms with Gasteiger partial charge in [-0.25, -0.2) is 0 Å². The summed E-state index contributed by atoms with van der Waals surface area (Å²) in [5.41, 5.74) is 15.0. The van der Waals surface area contributed by atoms with E-state index in [2.05, 4.69) is 4.99 Å². The molecular weight excluding hydrogens is 486 g/mol. The summed E-state index contributed by atoms with van der Waals surface area (Å²) in [6.45, 7) is 1.62. The van der Waals surface area contributed by atoms with Crippen LogP contribution in [0.5, 0.6) is 0 Å². The Balaban J connectivity index is 2.24. The Morgan fingerprint density at radius 2 is 2.03 bits per heavy atom. The summed E-state index contributed by atoms with van der Waals surface area (Å²) in [4.78, 5) is 21.6. The van der Waals surface area contributed by atoms with Crippen molar-refractivity contribution in [2.24, 2.45) is 21.5 Å². The summed E-state index contributed by atoms with van der Waals surface area (Å²) in [6.07, 6.45) is 4.67. The summed E-state index contributed by atoms with van der Waals surface area (Å²) >= 11 is 7.31. The van der Waals surface area contributed by atoms with Crippen molar-refractivity contribution >= 4 is 64.4 Å². The summed E-state index contributed by atoms with van der Waals surface area (Å²) in [5, 5.41) is 17.8. The van der Waals surface area contributed by atoms with E-state index in [4.69, 9.17) is 43.1 Å². The molecule has 1 aliphatic heterocycles. The number of fused-ring (bicyclic) bond motifs is 1. The zero-order chi connectivity index (χ0) is 25.5. The van der Waals surface area contributed by atoms with Crippen LogP contribution in [0.3, 0.4) is 0 Å². The minimum absolute atomic E-state index is 0.127. The number of primary amides is 1. The number of nitrogens with two attached hydrogens (primary N) is 2. The van der Waals surface area contributed by atoms with Crippen LogP contribution >= 0.6 is 23.6 Å². The van der Waals surface area contributed by atoms with Crippen LogP contribution in [0.25, 0.3) is 5.57 Å². The Hall–Kier alpha value is -3.47. The molecule has 182 valence electrons. The van der Waals surface area contributed by atoms with Gasteiger partial charge in [-0.3, -0.25) is 30.5 Å². The Morgan fingerprint density at radius 3 is 2.63 bits per heavy atom. The van der Waals surface area contributed by atoms with Gasteiger partial charge in [0, 0.05) is 40.4 Å². The molecule has 35 heavy (non-hydrogen) atoms. The van der Waals surface area contributed by atoms with E-state index in [1.165, 1.54) is 24.5 Å². The molecule has 9 nitrogen and oxygen atoms in total. The molecule has 0 spiro atoms. The van der Waals surface area contributed by atoms with Crippen LogP contribution in [-0.2, 0) is 8.98 Å². The highest BCUT2D eigenvalue weighted by molar-refractivity contribution is 7.93. The van der Waals surface area contributed by atoms with Gasteiger partial charge >= 0.3 is 0 Å². The molecule has 3 rings (SSSR count). The first-order valence-corrected chi connectivity index (χ1v) is 12.1. The minimum Gasteiger partial charge on any atom is -0.404 e. The number of anilines is 1. The second kappa shape index (κ2) is 11.8. The van der Waals surface area contributed by atoms with Crippen molar-refractivity contribution in [3.05, 3.63) is 70.4 Å². The number of carbonyl (C=O) groups is 1. The number of aliphatic imine (C=N–C) groups is 2. The molecule has 0 bridgehead atoms. The van der Waals surface area contributed by atoms with Crippen LogP contribution in [-0.4, -0.2) is 55.0 Å². The van der Waals surface area contributed by atoms with Crippen molar-refractivity contribution < 1.29 is 8.98 Å². The molecule has 0 aliphatic carbocycles. The molecular formula is C24H26ClN7O2S. The molecule has 2 aromatic rings. The number of hydrogen-bond donors (Lipinski definition) is 4. The van der Waals surface area contributed by atoms with Gasteiger partial charge in [0.25, 0.3) is 0 Å². The van der Waals surface area contributed by atoms with E-state index in [0.29, 0.717) is 33.1 Å². The van der Waals surface area contributed by atoms with Crippen molar-refractivity contribution in [2.75, 3.05) is 24.3 Å². The number of halogens is 1. The third kappa shape index (κ3) is 6.16. The van der Waals surface area contributed by atoms with Crippen molar-refractivity contribution in [1.29, 1.82) is 10.8 Å². The van der Waals surface area contributed by atoms with Gasteiger partial charge in [0.2, 0.25) is 5.91 Å². The number of benzene rings is 2. The molecule has 1 aliphatic rings. The first-order chi connectivity index (χ1) is 16.8. The van der Waals surface area contributed by atoms with Crippen molar-refractivity contribution in [3.8, 4) is 0 Å². The quantitative estimate of drug-likeness (QED) is 0.242. The fraction of sp³-hybridized carbons (Fsp3) is 0.208. The molecule has 0 saturated carbocycles. The van der Waals surface area contributed by atoms with Crippen molar-refractivity contribution in [2.45, 2.75) is 13.0 Å². The van der Waals surface area contributed by atoms with Crippen LogP contribution in [0, 0.1) is 10.8 Å². The number of hydrogen-bond acceptors (Lipinski definition) is 8. The molecule has 6 N–H and O–H groups in total. The number of carbonyl (C=O) groups excluding carboxylic acids is 1. The number of amides is 1. The highest BCUT2D eigenvalue weighted by Crippen LogP contribution is 2.32. The zero-order valence-corrected chi connectivity index (χ0v) is 20.9. The van der Waals surface area contributed by atoms with Gasteiger partial charge in [-0.1, -0.05) is 29.8 Å². The molecule has 0 saturated heterocycles. The van der Waals surface area contributed by atoms with Crippen LogP contribution in [0.4, 0.5) is 5.69 Å². The first kappa shape index (κ1) is 26.1. The lowest BCUT2D eigenvalue weighted by molar-refractivity contribution is -0.116. The van der Waals surface area contributed by atoms with E-state index in [9.17, 15) is 4.79 Å².